The quantitative estimate of drug-likeness (QED) is 0.459. The predicted molar refractivity (Wildman–Crippen MR) is 129 cm³/mol. The average molecular weight is 342 g/mol. The molecular formula is C20H12B7N. The summed E-state index contributed by atoms with van der Waals surface area (Å²) in [6, 6.07) is 11.5. The Kier molecular flexibility index (Phi) is 5.70. The lowest BCUT2D eigenvalue weighted by Gasteiger charge is -2.31. The molecule has 28 heavy (non-hydrogen) atoms. The van der Waals surface area contributed by atoms with Crippen LogP contribution in [0.1, 0.15) is 5.56 Å². The molecule has 0 heterocycles. The predicted octanol–water partition coefficient (Wildman–Crippen LogP) is -3.01. The fourth-order valence-corrected chi connectivity index (χ4v) is 3.30. The van der Waals surface area contributed by atoms with Crippen LogP contribution >= 0.6 is 0 Å². The molecule has 0 aliphatic rings. The molecule has 0 aromatic heterocycles. The van der Waals surface area contributed by atoms with E-state index in [0.29, 0.717) is 33.2 Å². The van der Waals surface area contributed by atoms with Crippen LogP contribution in [-0.2, 0) is 0 Å². The van der Waals surface area contributed by atoms with Crippen molar-refractivity contribution in [3.63, 3.8) is 0 Å². The van der Waals surface area contributed by atoms with Crippen LogP contribution in [0.3, 0.4) is 0 Å². The summed E-state index contributed by atoms with van der Waals surface area (Å²) in [6.45, 7) is 1.84. The Hall–Kier alpha value is -2.09. The van der Waals surface area contributed by atoms with Gasteiger partial charge < -0.3 is 4.90 Å². The zero-order valence-corrected chi connectivity index (χ0v) is 16.0. The first-order valence-corrected chi connectivity index (χ1v) is 8.65. The zero-order valence-electron chi connectivity index (χ0n) is 16.0. The molecule has 3 aromatic carbocycles. The standard InChI is InChI=1S/C20H12B7N/c1-9-8-11(14(22)16(24)13(9)21)12-15(23)17(25)18(26)19(27)20(12)28(2)10-6-4-3-5-7-10/h3-8H,1-2H3. The number of rotatable bonds is 3. The maximum Gasteiger partial charge on any atom is 0.115 e. The van der Waals surface area contributed by atoms with E-state index in [1.54, 1.807) is 0 Å². The van der Waals surface area contributed by atoms with Crippen LogP contribution in [0.2, 0.25) is 0 Å². The van der Waals surface area contributed by atoms with Crippen LogP contribution in [0.15, 0.2) is 36.4 Å². The lowest BCUT2D eigenvalue weighted by Crippen LogP contribution is -2.51. The summed E-state index contributed by atoms with van der Waals surface area (Å²) in [5.74, 6) is 0. The Morgan fingerprint density at radius 3 is 1.79 bits per heavy atom. The van der Waals surface area contributed by atoms with Crippen LogP contribution in [0.25, 0.3) is 11.1 Å². The maximum atomic E-state index is 6.39. The highest BCUT2D eigenvalue weighted by molar-refractivity contribution is 6.66. The van der Waals surface area contributed by atoms with E-state index in [1.807, 2.05) is 55.3 Å². The number of aryl methyl sites for hydroxylation is 1. The molecule has 1 nitrogen and oxygen atoms in total. The normalized spacial score (nSPS) is 10.8. The van der Waals surface area contributed by atoms with Crippen molar-refractivity contribution in [2.45, 2.75) is 6.92 Å². The summed E-state index contributed by atoms with van der Waals surface area (Å²) in [4.78, 5) is 1.89. The number of nitrogens with zero attached hydrogens (tertiary/aromatic N) is 1. The molecule has 0 aliphatic heterocycles. The Morgan fingerprint density at radius 2 is 1.18 bits per heavy atom. The van der Waals surface area contributed by atoms with Crippen molar-refractivity contribution >= 4 is 105 Å². The molecular weight excluding hydrogens is 330 g/mol. The van der Waals surface area contributed by atoms with E-state index in [2.05, 4.69) is 0 Å². The molecule has 3 aromatic rings. The molecule has 0 spiro atoms. The van der Waals surface area contributed by atoms with E-state index in [4.69, 9.17) is 54.9 Å². The van der Waals surface area contributed by atoms with Crippen molar-refractivity contribution in [2.24, 2.45) is 0 Å². The van der Waals surface area contributed by atoms with E-state index in [9.17, 15) is 0 Å². The molecule has 0 amide bonds. The van der Waals surface area contributed by atoms with Gasteiger partial charge in [0.05, 0.1) is 0 Å². The summed E-state index contributed by atoms with van der Waals surface area (Å²) in [5.41, 5.74) is 5.42. The Labute approximate surface area is 176 Å². The number of hydrogen-bond donors (Lipinski definition) is 0. The topological polar surface area (TPSA) is 3.24 Å². The minimum absolute atomic E-state index is 0.199. The molecule has 8 heteroatoms. The lowest BCUT2D eigenvalue weighted by molar-refractivity contribution is 1.22. The Bertz CT molecular complexity index is 1060. The fourth-order valence-electron chi connectivity index (χ4n) is 3.30. The summed E-state index contributed by atoms with van der Waals surface area (Å²) >= 11 is 0. The molecule has 14 radical (unpaired) electrons. The highest BCUT2D eigenvalue weighted by Gasteiger charge is 2.21. The molecule has 3 rings (SSSR count). The third-order valence-electron chi connectivity index (χ3n) is 5.04. The van der Waals surface area contributed by atoms with Crippen LogP contribution in [0.4, 0.5) is 11.4 Å². The number of anilines is 2. The third-order valence-corrected chi connectivity index (χ3v) is 5.04. The van der Waals surface area contributed by atoms with Gasteiger partial charge in [-0.3, -0.25) is 0 Å². The maximum absolute atomic E-state index is 6.39. The largest absolute Gasteiger partial charge is 0.345 e. The van der Waals surface area contributed by atoms with E-state index >= 15 is 0 Å². The van der Waals surface area contributed by atoms with Gasteiger partial charge in [0, 0.05) is 18.4 Å². The van der Waals surface area contributed by atoms with Crippen molar-refractivity contribution in [1.29, 1.82) is 0 Å². The minimum Gasteiger partial charge on any atom is -0.345 e. The highest BCUT2D eigenvalue weighted by atomic mass is 15.1. The number of para-hydroxylation sites is 1. The fraction of sp³-hybridized carbons (Fsp3) is 0.100. The highest BCUT2D eigenvalue weighted by Crippen LogP contribution is 2.29. The third kappa shape index (κ3) is 3.28. The molecule has 0 atom stereocenters. The summed E-state index contributed by atoms with van der Waals surface area (Å²) < 4.78 is 0. The molecule has 118 valence electrons. The average Bonchev–Trinajstić information content (AvgIpc) is 2.70. The summed E-state index contributed by atoms with van der Waals surface area (Å²) in [6.07, 6.45) is 0. The van der Waals surface area contributed by atoms with Gasteiger partial charge in [-0.15, -0.1) is 21.9 Å². The monoisotopic (exact) mass is 343 g/mol. The van der Waals surface area contributed by atoms with E-state index < -0.39 is 0 Å². The molecule has 0 aliphatic carbocycles. The minimum atomic E-state index is 0.199. The van der Waals surface area contributed by atoms with Crippen LogP contribution < -0.4 is 43.1 Å². The second kappa shape index (κ2) is 7.74. The van der Waals surface area contributed by atoms with Crippen LogP contribution in [0.5, 0.6) is 0 Å². The smallest absolute Gasteiger partial charge is 0.115 e. The van der Waals surface area contributed by atoms with Crippen molar-refractivity contribution in [3.8, 4) is 11.1 Å². The van der Waals surface area contributed by atoms with Crippen molar-refractivity contribution in [3.05, 3.63) is 42.0 Å². The van der Waals surface area contributed by atoms with Gasteiger partial charge in [-0.05, 0) is 30.2 Å². The Balaban J connectivity index is 2.43. The van der Waals surface area contributed by atoms with E-state index in [-0.39, 0.29) is 21.9 Å². The molecule has 0 saturated heterocycles. The van der Waals surface area contributed by atoms with Crippen LogP contribution in [-0.4, -0.2) is 62.0 Å². The van der Waals surface area contributed by atoms with Gasteiger partial charge in [-0.25, -0.2) is 0 Å². The van der Waals surface area contributed by atoms with Gasteiger partial charge in [0.15, 0.2) is 0 Å². The van der Waals surface area contributed by atoms with Crippen LogP contribution in [0, 0.1) is 6.92 Å². The van der Waals surface area contributed by atoms with E-state index in [1.165, 1.54) is 0 Å². The molecule has 0 bridgehead atoms. The van der Waals surface area contributed by atoms with Gasteiger partial charge in [-0.2, -0.15) is 0 Å². The summed E-state index contributed by atoms with van der Waals surface area (Å²) in [7, 11) is 45.4. The molecule has 0 unspecified atom stereocenters. The number of benzene rings is 3. The number of hydrogen-bond acceptors (Lipinski definition) is 1. The first-order chi connectivity index (χ1) is 13.2. The molecule has 0 N–H and O–H groups in total. The van der Waals surface area contributed by atoms with Gasteiger partial charge in [-0.1, -0.05) is 46.2 Å². The molecule has 0 saturated carbocycles. The van der Waals surface area contributed by atoms with Gasteiger partial charge >= 0.3 is 0 Å². The lowest BCUT2D eigenvalue weighted by atomic mass is 9.61. The first-order valence-electron chi connectivity index (χ1n) is 8.65. The summed E-state index contributed by atoms with van der Waals surface area (Å²) in [5, 5.41) is 0. The Morgan fingerprint density at radius 1 is 0.643 bits per heavy atom. The SMILES string of the molecule is [B]c1c(C)cc(-c2c([B])c([B])c([B])c([B])c2N(C)c2ccccc2)c([B])c1[B]. The van der Waals surface area contributed by atoms with Gasteiger partial charge in [0.2, 0.25) is 0 Å². The van der Waals surface area contributed by atoms with E-state index in [0.717, 1.165) is 11.3 Å². The van der Waals surface area contributed by atoms with Crippen molar-refractivity contribution < 1.29 is 0 Å². The molecule has 0 fully saturated rings. The van der Waals surface area contributed by atoms with Crippen molar-refractivity contribution in [1.82, 2.24) is 0 Å². The van der Waals surface area contributed by atoms with Gasteiger partial charge in [0.25, 0.3) is 0 Å². The zero-order chi connectivity index (χ0) is 20.7. The second-order valence-electron chi connectivity index (χ2n) is 6.75. The second-order valence-corrected chi connectivity index (χ2v) is 6.75. The first kappa shape index (κ1) is 20.6. The van der Waals surface area contributed by atoms with Gasteiger partial charge in [0.1, 0.15) is 54.9 Å². The van der Waals surface area contributed by atoms with Crippen molar-refractivity contribution in [2.75, 3.05) is 11.9 Å².